The normalized spacial score (nSPS) is 22.9. The molecule has 0 unspecified atom stereocenters. The first-order valence-corrected chi connectivity index (χ1v) is 8.32. The summed E-state index contributed by atoms with van der Waals surface area (Å²) in [5.41, 5.74) is 0.303. The van der Waals surface area contributed by atoms with Gasteiger partial charge in [0.25, 0.3) is 0 Å². The molecule has 2 fully saturated rings. The van der Waals surface area contributed by atoms with E-state index < -0.39 is 0 Å². The molecule has 1 saturated carbocycles. The largest absolute Gasteiger partial charge is 0.382 e. The van der Waals surface area contributed by atoms with Gasteiger partial charge in [-0.15, -0.1) is 0 Å². The molecular formula is C16H30N2O2. The Morgan fingerprint density at radius 3 is 2.65 bits per heavy atom. The van der Waals surface area contributed by atoms with Gasteiger partial charge < -0.3 is 15.4 Å². The first kappa shape index (κ1) is 15.8. The molecular weight excluding hydrogens is 252 g/mol. The van der Waals surface area contributed by atoms with Gasteiger partial charge in [0.15, 0.2) is 0 Å². The second-order valence-electron chi connectivity index (χ2n) is 6.40. The number of hydrogen-bond acceptors (Lipinski definition) is 3. The van der Waals surface area contributed by atoms with Crippen molar-refractivity contribution >= 4 is 5.91 Å². The molecule has 0 radical (unpaired) electrons. The van der Waals surface area contributed by atoms with Gasteiger partial charge in [0.1, 0.15) is 0 Å². The van der Waals surface area contributed by atoms with Crippen LogP contribution < -0.4 is 10.6 Å². The van der Waals surface area contributed by atoms with Gasteiger partial charge in [-0.1, -0.05) is 12.8 Å². The Hall–Kier alpha value is -0.610. The van der Waals surface area contributed by atoms with Gasteiger partial charge in [-0.2, -0.15) is 0 Å². The zero-order valence-corrected chi connectivity index (χ0v) is 12.9. The summed E-state index contributed by atoms with van der Waals surface area (Å²) >= 11 is 0. The molecule has 0 aromatic rings. The summed E-state index contributed by atoms with van der Waals surface area (Å²) in [4.78, 5) is 12.3. The van der Waals surface area contributed by atoms with Crippen molar-refractivity contribution in [2.75, 3.05) is 32.8 Å². The standard InChI is InChI=1S/C16H30N2O2/c1-2-20-12-9-16(7-3-4-8-16)13-18-15(19)14-5-10-17-11-6-14/h14,17H,2-13H2,1H3,(H,18,19). The van der Waals surface area contributed by atoms with E-state index in [4.69, 9.17) is 4.74 Å². The fourth-order valence-electron chi connectivity index (χ4n) is 3.58. The lowest BCUT2D eigenvalue weighted by molar-refractivity contribution is -0.126. The number of piperidine rings is 1. The molecule has 116 valence electrons. The lowest BCUT2D eigenvalue weighted by Crippen LogP contribution is -2.42. The average Bonchev–Trinajstić information content (AvgIpc) is 2.95. The maximum absolute atomic E-state index is 12.3. The van der Waals surface area contributed by atoms with Crippen molar-refractivity contribution in [3.05, 3.63) is 0 Å². The van der Waals surface area contributed by atoms with Crippen LogP contribution in [0.3, 0.4) is 0 Å². The zero-order valence-electron chi connectivity index (χ0n) is 12.9. The number of rotatable bonds is 7. The Morgan fingerprint density at radius 1 is 1.30 bits per heavy atom. The molecule has 0 spiro atoms. The van der Waals surface area contributed by atoms with E-state index in [1.54, 1.807) is 0 Å². The van der Waals surface area contributed by atoms with Crippen molar-refractivity contribution < 1.29 is 9.53 Å². The second-order valence-corrected chi connectivity index (χ2v) is 6.40. The van der Waals surface area contributed by atoms with Gasteiger partial charge >= 0.3 is 0 Å². The molecule has 1 saturated heterocycles. The number of carbonyl (C=O) groups is 1. The number of hydrogen-bond donors (Lipinski definition) is 2. The maximum atomic E-state index is 12.3. The monoisotopic (exact) mass is 282 g/mol. The van der Waals surface area contributed by atoms with E-state index in [0.29, 0.717) is 5.41 Å². The molecule has 1 heterocycles. The summed E-state index contributed by atoms with van der Waals surface area (Å²) in [5.74, 6) is 0.496. The van der Waals surface area contributed by atoms with Crippen LogP contribution in [0.5, 0.6) is 0 Å². The number of amides is 1. The van der Waals surface area contributed by atoms with Crippen LogP contribution in [0.4, 0.5) is 0 Å². The highest BCUT2D eigenvalue weighted by atomic mass is 16.5. The number of ether oxygens (including phenoxy) is 1. The molecule has 0 aromatic heterocycles. The van der Waals surface area contributed by atoms with E-state index in [1.807, 2.05) is 6.92 Å². The molecule has 2 N–H and O–H groups in total. The van der Waals surface area contributed by atoms with Crippen LogP contribution in [-0.2, 0) is 9.53 Å². The Bertz CT molecular complexity index is 295. The fraction of sp³-hybridized carbons (Fsp3) is 0.938. The molecule has 1 aliphatic carbocycles. The van der Waals surface area contributed by atoms with Crippen molar-refractivity contribution in [1.29, 1.82) is 0 Å². The summed E-state index contributed by atoms with van der Waals surface area (Å²) in [6.07, 6.45) is 8.15. The molecule has 20 heavy (non-hydrogen) atoms. The maximum Gasteiger partial charge on any atom is 0.223 e. The Labute approximate surface area is 123 Å². The van der Waals surface area contributed by atoms with E-state index in [9.17, 15) is 4.79 Å². The highest BCUT2D eigenvalue weighted by molar-refractivity contribution is 5.78. The Balaban J connectivity index is 1.77. The lowest BCUT2D eigenvalue weighted by atomic mass is 9.82. The molecule has 2 aliphatic rings. The third-order valence-electron chi connectivity index (χ3n) is 4.99. The smallest absolute Gasteiger partial charge is 0.223 e. The van der Waals surface area contributed by atoms with Crippen LogP contribution in [0, 0.1) is 11.3 Å². The molecule has 4 nitrogen and oxygen atoms in total. The van der Waals surface area contributed by atoms with Crippen molar-refractivity contribution in [1.82, 2.24) is 10.6 Å². The molecule has 4 heteroatoms. The van der Waals surface area contributed by atoms with Crippen LogP contribution in [0.2, 0.25) is 0 Å². The molecule has 1 aliphatic heterocycles. The molecule has 0 bridgehead atoms. The highest BCUT2D eigenvalue weighted by Crippen LogP contribution is 2.40. The van der Waals surface area contributed by atoms with E-state index in [1.165, 1.54) is 25.7 Å². The minimum Gasteiger partial charge on any atom is -0.382 e. The first-order valence-electron chi connectivity index (χ1n) is 8.32. The fourth-order valence-corrected chi connectivity index (χ4v) is 3.58. The van der Waals surface area contributed by atoms with Crippen LogP contribution in [0.25, 0.3) is 0 Å². The van der Waals surface area contributed by atoms with Gasteiger partial charge in [-0.3, -0.25) is 4.79 Å². The number of carbonyl (C=O) groups excluding carboxylic acids is 1. The highest BCUT2D eigenvalue weighted by Gasteiger charge is 2.34. The second kappa shape index (κ2) is 7.99. The third kappa shape index (κ3) is 4.45. The summed E-state index contributed by atoms with van der Waals surface area (Å²) in [5, 5.41) is 6.55. The van der Waals surface area contributed by atoms with Crippen LogP contribution in [0.1, 0.15) is 51.9 Å². The van der Waals surface area contributed by atoms with Crippen molar-refractivity contribution in [2.24, 2.45) is 11.3 Å². The van der Waals surface area contributed by atoms with Gasteiger partial charge in [0.2, 0.25) is 5.91 Å². The van der Waals surface area contributed by atoms with E-state index in [-0.39, 0.29) is 11.8 Å². The van der Waals surface area contributed by atoms with E-state index in [0.717, 1.165) is 52.1 Å². The van der Waals surface area contributed by atoms with Gasteiger partial charge in [0.05, 0.1) is 0 Å². The van der Waals surface area contributed by atoms with Crippen LogP contribution in [-0.4, -0.2) is 38.8 Å². The topological polar surface area (TPSA) is 50.4 Å². The summed E-state index contributed by atoms with van der Waals surface area (Å²) in [6, 6.07) is 0. The predicted octanol–water partition coefficient (Wildman–Crippen LogP) is 2.09. The summed E-state index contributed by atoms with van der Waals surface area (Å²) in [7, 11) is 0. The van der Waals surface area contributed by atoms with Crippen LogP contribution >= 0.6 is 0 Å². The molecule has 1 amide bonds. The first-order chi connectivity index (χ1) is 9.76. The minimum atomic E-state index is 0.224. The van der Waals surface area contributed by atoms with Gasteiger partial charge in [-0.25, -0.2) is 0 Å². The minimum absolute atomic E-state index is 0.224. The SMILES string of the molecule is CCOCCC1(CNC(=O)C2CCNCC2)CCCC1. The Kier molecular flexibility index (Phi) is 6.30. The number of nitrogens with one attached hydrogen (secondary N) is 2. The quantitative estimate of drug-likeness (QED) is 0.703. The predicted molar refractivity (Wildman–Crippen MR) is 80.6 cm³/mol. The van der Waals surface area contributed by atoms with Crippen LogP contribution in [0.15, 0.2) is 0 Å². The average molecular weight is 282 g/mol. The van der Waals surface area contributed by atoms with Crippen molar-refractivity contribution in [3.63, 3.8) is 0 Å². The third-order valence-corrected chi connectivity index (χ3v) is 4.99. The molecule has 0 atom stereocenters. The zero-order chi connectivity index (χ0) is 14.3. The van der Waals surface area contributed by atoms with Crippen molar-refractivity contribution in [2.45, 2.75) is 51.9 Å². The molecule has 2 rings (SSSR count). The van der Waals surface area contributed by atoms with Crippen molar-refractivity contribution in [3.8, 4) is 0 Å². The van der Waals surface area contributed by atoms with Gasteiger partial charge in [-0.05, 0) is 57.5 Å². The van der Waals surface area contributed by atoms with E-state index in [2.05, 4.69) is 10.6 Å². The molecule has 0 aromatic carbocycles. The summed E-state index contributed by atoms with van der Waals surface area (Å²) in [6.45, 7) is 6.47. The Morgan fingerprint density at radius 2 is 2.00 bits per heavy atom. The van der Waals surface area contributed by atoms with Gasteiger partial charge in [0, 0.05) is 25.7 Å². The summed E-state index contributed by atoms with van der Waals surface area (Å²) < 4.78 is 5.52. The lowest BCUT2D eigenvalue weighted by Gasteiger charge is -2.30. The van der Waals surface area contributed by atoms with E-state index >= 15 is 0 Å².